The van der Waals surface area contributed by atoms with Crippen molar-refractivity contribution in [2.24, 2.45) is 11.7 Å². The van der Waals surface area contributed by atoms with E-state index in [1.54, 1.807) is 20.0 Å². The topological polar surface area (TPSA) is 158 Å². The third kappa shape index (κ3) is 6.15. The fraction of sp³-hybridized carbons (Fsp3) is 0.500. The maximum atomic E-state index is 13.3. The predicted octanol–water partition coefficient (Wildman–Crippen LogP) is 0.669. The summed E-state index contributed by atoms with van der Waals surface area (Å²) < 4.78 is 0. The molecule has 4 unspecified atom stereocenters. The number of benzene rings is 1. The van der Waals surface area contributed by atoms with Crippen LogP contribution in [-0.4, -0.2) is 75.1 Å². The molecule has 1 fully saturated rings. The van der Waals surface area contributed by atoms with Gasteiger partial charge in [0, 0.05) is 35.8 Å². The lowest BCUT2D eigenvalue weighted by Gasteiger charge is -2.31. The molecule has 1 aliphatic heterocycles. The summed E-state index contributed by atoms with van der Waals surface area (Å²) in [5.41, 5.74) is 7.39. The van der Waals surface area contributed by atoms with Crippen LogP contribution in [0.1, 0.15) is 32.3 Å². The second-order valence-corrected chi connectivity index (χ2v) is 9.54. The lowest BCUT2D eigenvalue weighted by atomic mass is 10.0. The fourth-order valence-corrected chi connectivity index (χ4v) is 4.49. The number of aromatic amines is 1. The fourth-order valence-electron chi connectivity index (χ4n) is 4.33. The number of hydrogen-bond donors (Lipinski definition) is 6. The number of aromatic nitrogens is 1. The molecular formula is C24H33N5O5S. The summed E-state index contributed by atoms with van der Waals surface area (Å²) >= 11 is 4.02. The molecule has 0 bridgehead atoms. The highest BCUT2D eigenvalue weighted by atomic mass is 32.1. The van der Waals surface area contributed by atoms with Gasteiger partial charge in [-0.25, -0.2) is 4.79 Å². The highest BCUT2D eigenvalue weighted by Gasteiger charge is 2.40. The summed E-state index contributed by atoms with van der Waals surface area (Å²) in [6.45, 7) is 3.93. The monoisotopic (exact) mass is 503 g/mol. The molecule has 3 rings (SSSR count). The van der Waals surface area contributed by atoms with Gasteiger partial charge in [0.15, 0.2) is 0 Å². The first-order valence-electron chi connectivity index (χ1n) is 11.7. The Bertz CT molecular complexity index is 1090. The second-order valence-electron chi connectivity index (χ2n) is 9.17. The minimum Gasteiger partial charge on any atom is -0.480 e. The third-order valence-corrected chi connectivity index (χ3v) is 6.71. The highest BCUT2D eigenvalue weighted by molar-refractivity contribution is 7.80. The molecule has 1 saturated heterocycles. The van der Waals surface area contributed by atoms with Crippen molar-refractivity contribution in [1.29, 1.82) is 0 Å². The maximum absolute atomic E-state index is 13.3. The zero-order valence-electron chi connectivity index (χ0n) is 19.9. The first kappa shape index (κ1) is 26.6. The average molecular weight is 504 g/mol. The lowest BCUT2D eigenvalue weighted by Crippen LogP contribution is -2.58. The standard InChI is InChI=1S/C24H33N5O5S/c1-13(2)20(28-21(30)16(25)12-35)23(32)29-9-5-8-19(29)22(31)27-18(24(33)34)10-14-11-26-17-7-4-3-6-15(14)17/h3-4,6-7,11,13,16,18-20,26,35H,5,8-10,12,25H2,1-2H3,(H,27,31)(H,28,30)(H,33,34). The van der Waals surface area contributed by atoms with Crippen LogP contribution in [0.3, 0.4) is 0 Å². The van der Waals surface area contributed by atoms with Crippen LogP contribution in [0.25, 0.3) is 10.9 Å². The van der Waals surface area contributed by atoms with Gasteiger partial charge in [0.25, 0.3) is 0 Å². The Hall–Kier alpha value is -3.05. The zero-order chi connectivity index (χ0) is 25.7. The molecule has 1 aromatic carbocycles. The number of thiol groups is 1. The molecule has 11 heteroatoms. The molecule has 0 spiro atoms. The van der Waals surface area contributed by atoms with E-state index in [2.05, 4.69) is 28.2 Å². The Morgan fingerprint density at radius 3 is 2.60 bits per heavy atom. The van der Waals surface area contributed by atoms with E-state index in [9.17, 15) is 24.3 Å². The van der Waals surface area contributed by atoms with Gasteiger partial charge in [-0.05, 0) is 30.4 Å². The molecule has 2 heterocycles. The van der Waals surface area contributed by atoms with Crippen molar-refractivity contribution < 1.29 is 24.3 Å². The maximum Gasteiger partial charge on any atom is 0.326 e. The van der Waals surface area contributed by atoms with E-state index in [-0.39, 0.29) is 24.0 Å². The number of carboxylic acid groups (broad SMARTS) is 1. The summed E-state index contributed by atoms with van der Waals surface area (Å²) in [7, 11) is 0. The number of carbonyl (C=O) groups is 4. The van der Waals surface area contributed by atoms with Gasteiger partial charge < -0.3 is 31.4 Å². The van der Waals surface area contributed by atoms with E-state index >= 15 is 0 Å². The van der Waals surface area contributed by atoms with Crippen molar-refractivity contribution in [3.8, 4) is 0 Å². The first-order chi connectivity index (χ1) is 16.6. The molecule has 6 N–H and O–H groups in total. The van der Waals surface area contributed by atoms with Crippen molar-refractivity contribution in [2.75, 3.05) is 12.3 Å². The van der Waals surface area contributed by atoms with Gasteiger partial charge in [-0.15, -0.1) is 0 Å². The lowest BCUT2D eigenvalue weighted by molar-refractivity contribution is -0.145. The van der Waals surface area contributed by atoms with Crippen molar-refractivity contribution in [3.63, 3.8) is 0 Å². The predicted molar refractivity (Wildman–Crippen MR) is 135 cm³/mol. The number of carboxylic acids is 1. The number of likely N-dealkylation sites (tertiary alicyclic amines) is 1. The van der Waals surface area contributed by atoms with E-state index in [0.717, 1.165) is 16.5 Å². The number of aliphatic carboxylic acids is 1. The largest absolute Gasteiger partial charge is 0.480 e. The van der Waals surface area contributed by atoms with Gasteiger partial charge >= 0.3 is 5.97 Å². The van der Waals surface area contributed by atoms with Gasteiger partial charge in [-0.2, -0.15) is 12.6 Å². The van der Waals surface area contributed by atoms with E-state index in [1.807, 2.05) is 24.3 Å². The van der Waals surface area contributed by atoms with Gasteiger partial charge in [-0.1, -0.05) is 32.0 Å². The van der Waals surface area contributed by atoms with Gasteiger partial charge in [0.2, 0.25) is 17.7 Å². The number of hydrogen-bond acceptors (Lipinski definition) is 6. The summed E-state index contributed by atoms with van der Waals surface area (Å²) in [6, 6.07) is 3.83. The van der Waals surface area contributed by atoms with Gasteiger partial charge in [-0.3, -0.25) is 14.4 Å². The molecule has 0 radical (unpaired) electrons. The molecule has 4 atom stereocenters. The number of nitrogens with two attached hydrogens (primary N) is 1. The van der Waals surface area contributed by atoms with Crippen LogP contribution < -0.4 is 16.4 Å². The minimum absolute atomic E-state index is 0.0953. The summed E-state index contributed by atoms with van der Waals surface area (Å²) in [5.74, 6) is -2.67. The Morgan fingerprint density at radius 2 is 1.94 bits per heavy atom. The van der Waals surface area contributed by atoms with E-state index < -0.39 is 42.0 Å². The van der Waals surface area contributed by atoms with Crippen LogP contribution >= 0.6 is 12.6 Å². The number of H-pyrrole nitrogens is 1. The van der Waals surface area contributed by atoms with E-state index in [0.29, 0.717) is 19.4 Å². The molecule has 1 aliphatic rings. The average Bonchev–Trinajstić information content (AvgIpc) is 3.48. The Kier molecular flexibility index (Phi) is 8.79. The Morgan fingerprint density at radius 1 is 1.23 bits per heavy atom. The Labute approximate surface area is 209 Å². The number of amides is 3. The first-order valence-corrected chi connectivity index (χ1v) is 12.3. The quantitative estimate of drug-likeness (QED) is 0.262. The SMILES string of the molecule is CC(C)C(NC(=O)C(N)CS)C(=O)N1CCCC1C(=O)NC(Cc1c[nH]c2ccccc12)C(=O)O. The van der Waals surface area contributed by atoms with Gasteiger partial charge in [0.05, 0.1) is 6.04 Å². The number of para-hydroxylation sites is 1. The second kappa shape index (κ2) is 11.6. The molecule has 10 nitrogen and oxygen atoms in total. The molecule has 35 heavy (non-hydrogen) atoms. The zero-order valence-corrected chi connectivity index (χ0v) is 20.8. The van der Waals surface area contributed by atoms with Crippen LogP contribution in [0.15, 0.2) is 30.5 Å². The molecule has 3 amide bonds. The normalized spacial score (nSPS) is 18.3. The van der Waals surface area contributed by atoms with Crippen LogP contribution in [0, 0.1) is 5.92 Å². The molecule has 1 aromatic heterocycles. The van der Waals surface area contributed by atoms with Crippen LogP contribution in [-0.2, 0) is 25.6 Å². The number of nitrogens with one attached hydrogen (secondary N) is 3. The van der Waals surface area contributed by atoms with Crippen molar-refractivity contribution in [3.05, 3.63) is 36.0 Å². The molecule has 2 aromatic rings. The van der Waals surface area contributed by atoms with Crippen molar-refractivity contribution in [1.82, 2.24) is 20.5 Å². The molecular weight excluding hydrogens is 470 g/mol. The molecule has 0 aliphatic carbocycles. The summed E-state index contributed by atoms with van der Waals surface area (Å²) in [6.07, 6.45) is 2.84. The van der Waals surface area contributed by atoms with Crippen LogP contribution in [0.4, 0.5) is 0 Å². The summed E-state index contributed by atoms with van der Waals surface area (Å²) in [4.78, 5) is 55.3. The number of carbonyl (C=O) groups excluding carboxylic acids is 3. The third-order valence-electron chi connectivity index (χ3n) is 6.32. The molecule has 190 valence electrons. The van der Waals surface area contributed by atoms with Crippen molar-refractivity contribution >= 4 is 47.2 Å². The molecule has 0 saturated carbocycles. The number of fused-ring (bicyclic) bond motifs is 1. The van der Waals surface area contributed by atoms with Gasteiger partial charge in [0.1, 0.15) is 18.1 Å². The van der Waals surface area contributed by atoms with Crippen LogP contribution in [0.2, 0.25) is 0 Å². The number of nitrogens with zero attached hydrogens (tertiary/aromatic N) is 1. The minimum atomic E-state index is -1.16. The smallest absolute Gasteiger partial charge is 0.326 e. The van der Waals surface area contributed by atoms with E-state index in [1.165, 1.54) is 4.90 Å². The van der Waals surface area contributed by atoms with Crippen molar-refractivity contribution in [2.45, 2.75) is 57.3 Å². The highest BCUT2D eigenvalue weighted by Crippen LogP contribution is 2.22. The Balaban J connectivity index is 1.72. The van der Waals surface area contributed by atoms with Crippen LogP contribution in [0.5, 0.6) is 0 Å². The number of rotatable bonds is 10. The van der Waals surface area contributed by atoms with E-state index in [4.69, 9.17) is 5.73 Å². The summed E-state index contributed by atoms with van der Waals surface area (Å²) in [5, 5.41) is 16.0.